The summed E-state index contributed by atoms with van der Waals surface area (Å²) in [4.78, 5) is 29.5. The van der Waals surface area contributed by atoms with Gasteiger partial charge in [-0.05, 0) is 37.6 Å². The number of anilines is 2. The van der Waals surface area contributed by atoms with Crippen LogP contribution in [0.5, 0.6) is 5.75 Å². The van der Waals surface area contributed by atoms with Gasteiger partial charge in [-0.2, -0.15) is 0 Å². The summed E-state index contributed by atoms with van der Waals surface area (Å²) in [5.74, 6) is 0.0909. The third-order valence-corrected chi connectivity index (χ3v) is 5.51. The zero-order valence-corrected chi connectivity index (χ0v) is 18.4. The van der Waals surface area contributed by atoms with Gasteiger partial charge in [0.2, 0.25) is 0 Å². The molecule has 7 nitrogen and oxygen atoms in total. The minimum atomic E-state index is -0.396. The Morgan fingerprint density at radius 1 is 1.00 bits per heavy atom. The van der Waals surface area contributed by atoms with Gasteiger partial charge in [0.1, 0.15) is 16.4 Å². The van der Waals surface area contributed by atoms with E-state index in [1.54, 1.807) is 12.1 Å². The molecule has 0 unspecified atom stereocenters. The third-order valence-electron chi connectivity index (χ3n) is 4.62. The van der Waals surface area contributed by atoms with Crippen LogP contribution in [0, 0.1) is 13.8 Å². The minimum Gasteiger partial charge on any atom is -0.483 e. The molecule has 0 saturated heterocycles. The van der Waals surface area contributed by atoms with E-state index in [2.05, 4.69) is 15.6 Å². The highest BCUT2D eigenvalue weighted by atomic mass is 32.1. The molecular formula is C24H21N3O4S. The largest absolute Gasteiger partial charge is 0.483 e. The summed E-state index contributed by atoms with van der Waals surface area (Å²) in [6.07, 6.45) is 1.43. The Morgan fingerprint density at radius 2 is 1.78 bits per heavy atom. The van der Waals surface area contributed by atoms with E-state index in [1.165, 1.54) is 17.6 Å². The highest BCUT2D eigenvalue weighted by molar-refractivity contribution is 7.20. The van der Waals surface area contributed by atoms with Crippen molar-refractivity contribution in [1.29, 1.82) is 0 Å². The molecule has 0 aliphatic heterocycles. The quantitative estimate of drug-likeness (QED) is 0.402. The molecular weight excluding hydrogens is 426 g/mol. The second kappa shape index (κ2) is 9.49. The number of nitrogens with one attached hydrogen (secondary N) is 2. The Hall–Kier alpha value is -3.91. The highest BCUT2D eigenvalue weighted by Gasteiger charge is 2.19. The summed E-state index contributed by atoms with van der Waals surface area (Å²) in [7, 11) is 0. The zero-order chi connectivity index (χ0) is 22.5. The number of nitrogens with zero attached hydrogens (tertiary/aromatic N) is 1. The normalized spacial score (nSPS) is 10.6. The molecule has 2 amide bonds. The van der Waals surface area contributed by atoms with E-state index < -0.39 is 5.91 Å². The van der Waals surface area contributed by atoms with Crippen LogP contribution in [0.1, 0.15) is 21.7 Å². The third kappa shape index (κ3) is 5.04. The average molecular weight is 448 g/mol. The molecule has 0 fully saturated rings. The van der Waals surface area contributed by atoms with E-state index in [1.807, 2.05) is 62.4 Å². The Kier molecular flexibility index (Phi) is 6.32. The highest BCUT2D eigenvalue weighted by Crippen LogP contribution is 2.36. The predicted molar refractivity (Wildman–Crippen MR) is 124 cm³/mol. The van der Waals surface area contributed by atoms with Crippen molar-refractivity contribution in [2.24, 2.45) is 0 Å². The summed E-state index contributed by atoms with van der Waals surface area (Å²) in [5, 5.41) is 6.44. The molecule has 2 aromatic carbocycles. The fraction of sp³-hybridized carbons (Fsp3) is 0.125. The van der Waals surface area contributed by atoms with Crippen LogP contribution in [0.3, 0.4) is 0 Å². The summed E-state index contributed by atoms with van der Waals surface area (Å²) in [6.45, 7) is 3.75. The van der Waals surface area contributed by atoms with E-state index >= 15 is 0 Å². The molecule has 0 spiro atoms. The van der Waals surface area contributed by atoms with Crippen LogP contribution >= 0.6 is 11.3 Å². The van der Waals surface area contributed by atoms with Gasteiger partial charge in [-0.15, -0.1) is 0 Å². The molecule has 8 heteroatoms. The number of thiazole rings is 1. The summed E-state index contributed by atoms with van der Waals surface area (Å²) in [6, 6.07) is 18.4. The average Bonchev–Trinajstić information content (AvgIpc) is 3.44. The number of aromatic nitrogens is 1. The molecule has 2 heterocycles. The van der Waals surface area contributed by atoms with Crippen LogP contribution < -0.4 is 15.4 Å². The van der Waals surface area contributed by atoms with E-state index in [-0.39, 0.29) is 18.3 Å². The van der Waals surface area contributed by atoms with E-state index in [0.717, 1.165) is 16.7 Å². The Labute approximate surface area is 189 Å². The number of hydrogen-bond acceptors (Lipinski definition) is 6. The molecule has 4 aromatic rings. The van der Waals surface area contributed by atoms with Crippen molar-refractivity contribution in [1.82, 2.24) is 4.98 Å². The van der Waals surface area contributed by atoms with Gasteiger partial charge in [0, 0.05) is 5.56 Å². The summed E-state index contributed by atoms with van der Waals surface area (Å²) < 4.78 is 10.8. The lowest BCUT2D eigenvalue weighted by Gasteiger charge is -2.08. The predicted octanol–water partition coefficient (Wildman–Crippen LogP) is 5.29. The Balaban J connectivity index is 1.53. The van der Waals surface area contributed by atoms with Crippen LogP contribution in [-0.4, -0.2) is 23.4 Å². The first-order chi connectivity index (χ1) is 15.5. The fourth-order valence-corrected chi connectivity index (χ4v) is 3.85. The van der Waals surface area contributed by atoms with Gasteiger partial charge in [0.25, 0.3) is 11.8 Å². The lowest BCUT2D eigenvalue weighted by molar-refractivity contribution is -0.118. The molecule has 0 radical (unpaired) electrons. The minimum absolute atomic E-state index is 0.154. The molecule has 2 N–H and O–H groups in total. The van der Waals surface area contributed by atoms with E-state index in [0.29, 0.717) is 21.6 Å². The van der Waals surface area contributed by atoms with Crippen molar-refractivity contribution in [3.05, 3.63) is 83.8 Å². The van der Waals surface area contributed by atoms with Crippen molar-refractivity contribution in [2.45, 2.75) is 13.8 Å². The van der Waals surface area contributed by atoms with Crippen LogP contribution in [0.25, 0.3) is 11.3 Å². The lowest BCUT2D eigenvalue weighted by atomic mass is 10.1. The van der Waals surface area contributed by atoms with Crippen LogP contribution in [0.2, 0.25) is 0 Å². The van der Waals surface area contributed by atoms with Crippen LogP contribution in [-0.2, 0) is 4.79 Å². The molecule has 0 saturated carbocycles. The van der Waals surface area contributed by atoms with Gasteiger partial charge < -0.3 is 14.5 Å². The number of benzene rings is 2. The molecule has 32 heavy (non-hydrogen) atoms. The standard InChI is InChI=1S/C24H21N3O4S/c1-15-9-11-17(12-10-15)21-23(27-22(29)19-8-5-13-30-19)32-24(26-21)25-20(28)14-31-18-7-4-3-6-16(18)2/h3-13H,14H2,1-2H3,(H,27,29)(H,25,26,28). The number of carbonyl (C=O) groups excluding carboxylic acids is 2. The molecule has 162 valence electrons. The van der Waals surface area contributed by atoms with Gasteiger partial charge in [0.05, 0.1) is 6.26 Å². The Bertz CT molecular complexity index is 1230. The topological polar surface area (TPSA) is 93.5 Å². The second-order valence-corrected chi connectivity index (χ2v) is 8.10. The molecule has 4 rings (SSSR count). The number of carbonyl (C=O) groups is 2. The Morgan fingerprint density at radius 3 is 2.50 bits per heavy atom. The number of furan rings is 1. The van der Waals surface area contributed by atoms with Crippen molar-refractivity contribution >= 4 is 33.3 Å². The van der Waals surface area contributed by atoms with Gasteiger partial charge in [-0.1, -0.05) is 59.4 Å². The van der Waals surface area contributed by atoms with E-state index in [4.69, 9.17) is 9.15 Å². The smallest absolute Gasteiger partial charge is 0.292 e. The van der Waals surface area contributed by atoms with Gasteiger partial charge >= 0.3 is 0 Å². The molecule has 0 atom stereocenters. The van der Waals surface area contributed by atoms with Crippen molar-refractivity contribution in [3.8, 4) is 17.0 Å². The first-order valence-electron chi connectivity index (χ1n) is 9.90. The first-order valence-corrected chi connectivity index (χ1v) is 10.7. The summed E-state index contributed by atoms with van der Waals surface area (Å²) >= 11 is 1.17. The number of ether oxygens (including phenoxy) is 1. The number of para-hydroxylation sites is 1. The molecule has 2 aromatic heterocycles. The van der Waals surface area contributed by atoms with Crippen molar-refractivity contribution in [2.75, 3.05) is 17.2 Å². The van der Waals surface area contributed by atoms with Crippen molar-refractivity contribution < 1.29 is 18.7 Å². The zero-order valence-electron chi connectivity index (χ0n) is 17.5. The number of amides is 2. The second-order valence-electron chi connectivity index (χ2n) is 7.10. The maximum atomic E-state index is 12.5. The SMILES string of the molecule is Cc1ccc(-c2nc(NC(=O)COc3ccccc3C)sc2NC(=O)c2ccco2)cc1. The van der Waals surface area contributed by atoms with Crippen LogP contribution in [0.4, 0.5) is 10.1 Å². The first kappa shape index (κ1) is 21.3. The van der Waals surface area contributed by atoms with Crippen molar-refractivity contribution in [3.63, 3.8) is 0 Å². The molecule has 0 aliphatic rings. The van der Waals surface area contributed by atoms with Gasteiger partial charge in [-0.25, -0.2) is 4.98 Å². The lowest BCUT2D eigenvalue weighted by Crippen LogP contribution is -2.20. The fourth-order valence-electron chi connectivity index (χ4n) is 2.95. The number of rotatable bonds is 7. The van der Waals surface area contributed by atoms with Crippen LogP contribution in [0.15, 0.2) is 71.3 Å². The maximum Gasteiger partial charge on any atom is 0.292 e. The van der Waals surface area contributed by atoms with Gasteiger partial charge in [0.15, 0.2) is 17.5 Å². The molecule has 0 bridgehead atoms. The maximum absolute atomic E-state index is 12.5. The van der Waals surface area contributed by atoms with E-state index in [9.17, 15) is 9.59 Å². The number of aryl methyl sites for hydroxylation is 2. The monoisotopic (exact) mass is 447 g/mol. The molecule has 0 aliphatic carbocycles. The summed E-state index contributed by atoms with van der Waals surface area (Å²) in [5.41, 5.74) is 3.43. The van der Waals surface area contributed by atoms with Gasteiger partial charge in [-0.3, -0.25) is 14.9 Å². The number of hydrogen-bond donors (Lipinski definition) is 2.